The molecule has 0 saturated heterocycles. The van der Waals surface area contributed by atoms with E-state index < -0.39 is 0 Å². The molecule has 1 rings (SSSR count). The number of unbranched alkanes of at least 4 members (excludes halogenated alkanes) is 2. The van der Waals surface area contributed by atoms with Crippen molar-refractivity contribution >= 4 is 17.4 Å². The zero-order chi connectivity index (χ0) is 12.7. The number of hydrogen-bond acceptors (Lipinski definition) is 2. The van der Waals surface area contributed by atoms with E-state index in [2.05, 4.69) is 36.7 Å². The standard InChI is InChI=1S/C14H23ClN2/c1-4-5-6-9-17(12(2)3)14-10-13(11-15)7-8-16-14/h7-8,10,12H,4-6,9,11H2,1-3H3. The van der Waals surface area contributed by atoms with Crippen LogP contribution in [0.4, 0.5) is 5.82 Å². The first-order valence-corrected chi connectivity index (χ1v) is 7.00. The second-order valence-electron chi connectivity index (χ2n) is 4.65. The van der Waals surface area contributed by atoms with Crippen molar-refractivity contribution in [1.82, 2.24) is 4.98 Å². The Morgan fingerprint density at radius 2 is 2.12 bits per heavy atom. The van der Waals surface area contributed by atoms with Crippen LogP contribution < -0.4 is 4.90 Å². The summed E-state index contributed by atoms with van der Waals surface area (Å²) in [5.74, 6) is 1.60. The van der Waals surface area contributed by atoms with Crippen LogP contribution in [0, 0.1) is 0 Å². The SMILES string of the molecule is CCCCCN(c1cc(CCl)ccn1)C(C)C. The third-order valence-electron chi connectivity index (χ3n) is 2.88. The van der Waals surface area contributed by atoms with E-state index in [-0.39, 0.29) is 0 Å². The molecule has 2 nitrogen and oxygen atoms in total. The molecule has 3 heteroatoms. The highest BCUT2D eigenvalue weighted by molar-refractivity contribution is 6.17. The van der Waals surface area contributed by atoms with Gasteiger partial charge in [0.05, 0.1) is 0 Å². The van der Waals surface area contributed by atoms with Gasteiger partial charge in [-0.3, -0.25) is 0 Å². The van der Waals surface area contributed by atoms with Gasteiger partial charge in [-0.25, -0.2) is 4.98 Å². The molecular weight excluding hydrogens is 232 g/mol. The van der Waals surface area contributed by atoms with Gasteiger partial charge in [-0.1, -0.05) is 19.8 Å². The summed E-state index contributed by atoms with van der Waals surface area (Å²) < 4.78 is 0. The van der Waals surface area contributed by atoms with Gasteiger partial charge in [0.15, 0.2) is 0 Å². The van der Waals surface area contributed by atoms with Crippen LogP contribution in [0.25, 0.3) is 0 Å². The maximum absolute atomic E-state index is 5.86. The van der Waals surface area contributed by atoms with Crippen LogP contribution in [0.5, 0.6) is 0 Å². The van der Waals surface area contributed by atoms with Crippen LogP contribution in [0.3, 0.4) is 0 Å². The summed E-state index contributed by atoms with van der Waals surface area (Å²) in [5.41, 5.74) is 1.14. The third kappa shape index (κ3) is 4.55. The summed E-state index contributed by atoms with van der Waals surface area (Å²) in [4.78, 5) is 6.81. The molecule has 96 valence electrons. The van der Waals surface area contributed by atoms with Crippen molar-refractivity contribution in [1.29, 1.82) is 0 Å². The molecule has 0 radical (unpaired) electrons. The molecule has 0 aliphatic rings. The van der Waals surface area contributed by atoms with E-state index >= 15 is 0 Å². The number of hydrogen-bond donors (Lipinski definition) is 0. The number of aromatic nitrogens is 1. The maximum Gasteiger partial charge on any atom is 0.129 e. The van der Waals surface area contributed by atoms with Crippen molar-refractivity contribution in [2.75, 3.05) is 11.4 Å². The van der Waals surface area contributed by atoms with Gasteiger partial charge < -0.3 is 4.90 Å². The molecule has 0 bridgehead atoms. The fraction of sp³-hybridized carbons (Fsp3) is 0.643. The topological polar surface area (TPSA) is 16.1 Å². The lowest BCUT2D eigenvalue weighted by Crippen LogP contribution is -2.32. The normalized spacial score (nSPS) is 10.9. The van der Waals surface area contributed by atoms with Crippen molar-refractivity contribution in [3.63, 3.8) is 0 Å². The average Bonchev–Trinajstić information content (AvgIpc) is 2.34. The second kappa shape index (κ2) is 7.54. The van der Waals surface area contributed by atoms with Crippen LogP contribution in [-0.4, -0.2) is 17.6 Å². The van der Waals surface area contributed by atoms with Gasteiger partial charge in [0.2, 0.25) is 0 Å². The number of alkyl halides is 1. The smallest absolute Gasteiger partial charge is 0.129 e. The van der Waals surface area contributed by atoms with E-state index in [1.807, 2.05) is 12.3 Å². The Morgan fingerprint density at radius 3 is 2.71 bits per heavy atom. The lowest BCUT2D eigenvalue weighted by atomic mass is 10.2. The Labute approximate surface area is 110 Å². The second-order valence-corrected chi connectivity index (χ2v) is 4.92. The Balaban J connectivity index is 2.74. The van der Waals surface area contributed by atoms with Crippen molar-refractivity contribution in [2.45, 2.75) is 52.0 Å². The molecule has 0 N–H and O–H groups in total. The molecule has 0 atom stereocenters. The number of nitrogens with zero attached hydrogens (tertiary/aromatic N) is 2. The lowest BCUT2D eigenvalue weighted by Gasteiger charge is -2.28. The summed E-state index contributed by atoms with van der Waals surface area (Å²) in [6, 6.07) is 4.55. The molecule has 0 saturated carbocycles. The maximum atomic E-state index is 5.86. The van der Waals surface area contributed by atoms with Gasteiger partial charge in [-0.15, -0.1) is 11.6 Å². The molecular formula is C14H23ClN2. The third-order valence-corrected chi connectivity index (χ3v) is 3.19. The van der Waals surface area contributed by atoms with Crippen LogP contribution in [-0.2, 0) is 5.88 Å². The Bertz CT molecular complexity index is 326. The fourth-order valence-corrected chi connectivity index (χ4v) is 2.04. The molecule has 1 aromatic rings. The molecule has 0 aliphatic carbocycles. The predicted octanol–water partition coefficient (Wildman–Crippen LogP) is 4.23. The van der Waals surface area contributed by atoms with Crippen LogP contribution in [0.1, 0.15) is 45.6 Å². The van der Waals surface area contributed by atoms with Crippen LogP contribution >= 0.6 is 11.6 Å². The van der Waals surface area contributed by atoms with Crippen LogP contribution in [0.15, 0.2) is 18.3 Å². The monoisotopic (exact) mass is 254 g/mol. The minimum absolute atomic E-state index is 0.477. The largest absolute Gasteiger partial charge is 0.354 e. The summed E-state index contributed by atoms with van der Waals surface area (Å²) in [5, 5.41) is 0. The van der Waals surface area contributed by atoms with E-state index in [9.17, 15) is 0 Å². The molecule has 1 aromatic heterocycles. The molecule has 0 aliphatic heterocycles. The zero-order valence-electron chi connectivity index (χ0n) is 11.1. The van der Waals surface area contributed by atoms with Gasteiger partial charge in [-0.05, 0) is 38.0 Å². The van der Waals surface area contributed by atoms with Gasteiger partial charge >= 0.3 is 0 Å². The number of rotatable bonds is 7. The first kappa shape index (κ1) is 14.3. The molecule has 0 fully saturated rings. The highest BCUT2D eigenvalue weighted by Crippen LogP contribution is 2.17. The number of anilines is 1. The predicted molar refractivity (Wildman–Crippen MR) is 75.8 cm³/mol. The van der Waals surface area contributed by atoms with Crippen molar-refractivity contribution in [2.24, 2.45) is 0 Å². The van der Waals surface area contributed by atoms with Gasteiger partial charge in [0.25, 0.3) is 0 Å². The Kier molecular flexibility index (Phi) is 6.35. The quantitative estimate of drug-likeness (QED) is 0.535. The summed E-state index contributed by atoms with van der Waals surface area (Å²) in [6.07, 6.45) is 5.60. The molecule has 0 unspecified atom stereocenters. The van der Waals surface area contributed by atoms with Crippen LogP contribution in [0.2, 0.25) is 0 Å². The Hall–Kier alpha value is -0.760. The van der Waals surface area contributed by atoms with E-state index in [1.165, 1.54) is 19.3 Å². The van der Waals surface area contributed by atoms with Gasteiger partial charge in [0.1, 0.15) is 5.82 Å². The number of halogens is 1. The lowest BCUT2D eigenvalue weighted by molar-refractivity contribution is 0.619. The highest BCUT2D eigenvalue weighted by Gasteiger charge is 2.11. The first-order chi connectivity index (χ1) is 8.19. The number of pyridine rings is 1. The molecule has 0 amide bonds. The van der Waals surface area contributed by atoms with E-state index in [4.69, 9.17) is 11.6 Å². The van der Waals surface area contributed by atoms with Gasteiger partial charge in [0, 0.05) is 24.7 Å². The molecule has 1 heterocycles. The highest BCUT2D eigenvalue weighted by atomic mass is 35.5. The minimum atomic E-state index is 0.477. The molecule has 17 heavy (non-hydrogen) atoms. The van der Waals surface area contributed by atoms with E-state index in [1.54, 1.807) is 0 Å². The average molecular weight is 255 g/mol. The molecule has 0 spiro atoms. The van der Waals surface area contributed by atoms with E-state index in [0.29, 0.717) is 11.9 Å². The first-order valence-electron chi connectivity index (χ1n) is 6.46. The summed E-state index contributed by atoms with van der Waals surface area (Å²) >= 11 is 5.86. The minimum Gasteiger partial charge on any atom is -0.354 e. The van der Waals surface area contributed by atoms with Crippen molar-refractivity contribution in [3.8, 4) is 0 Å². The van der Waals surface area contributed by atoms with Crippen molar-refractivity contribution < 1.29 is 0 Å². The summed E-state index contributed by atoms with van der Waals surface area (Å²) in [6.45, 7) is 7.72. The van der Waals surface area contributed by atoms with Gasteiger partial charge in [-0.2, -0.15) is 0 Å². The fourth-order valence-electron chi connectivity index (χ4n) is 1.87. The zero-order valence-corrected chi connectivity index (χ0v) is 11.9. The molecule has 0 aromatic carbocycles. The van der Waals surface area contributed by atoms with E-state index in [0.717, 1.165) is 17.9 Å². The van der Waals surface area contributed by atoms with Crippen molar-refractivity contribution in [3.05, 3.63) is 23.9 Å². The Morgan fingerprint density at radius 1 is 1.35 bits per heavy atom. The summed E-state index contributed by atoms with van der Waals surface area (Å²) in [7, 11) is 0.